The molecule has 0 fully saturated rings. The normalized spacial score (nSPS) is 16.6. The van der Waals surface area contributed by atoms with Gasteiger partial charge in [-0.05, 0) is 37.3 Å². The van der Waals surface area contributed by atoms with Gasteiger partial charge in [0.15, 0.2) is 5.78 Å². The van der Waals surface area contributed by atoms with Gasteiger partial charge in [-0.25, -0.2) is 13.8 Å². The third-order valence-corrected chi connectivity index (χ3v) is 6.88. The second-order valence-corrected chi connectivity index (χ2v) is 11.0. The van der Waals surface area contributed by atoms with Gasteiger partial charge >= 0.3 is 0 Å². The number of benzodiazepines with no additional fused rings is 1. The summed E-state index contributed by atoms with van der Waals surface area (Å²) >= 11 is 0. The third-order valence-electron chi connectivity index (χ3n) is 6.88. The fraction of sp³-hybridized carbons (Fsp3) is 0.323. The van der Waals surface area contributed by atoms with Crippen molar-refractivity contribution in [1.82, 2.24) is 15.6 Å². The summed E-state index contributed by atoms with van der Waals surface area (Å²) in [6.45, 7) is 6.16. The molecule has 0 saturated heterocycles. The van der Waals surface area contributed by atoms with E-state index in [1.807, 2.05) is 0 Å². The van der Waals surface area contributed by atoms with Crippen LogP contribution < -0.4 is 15.5 Å². The number of hydrogen-bond acceptors (Lipinski definition) is 7. The van der Waals surface area contributed by atoms with Gasteiger partial charge in [0.1, 0.15) is 11.6 Å². The van der Waals surface area contributed by atoms with E-state index in [4.69, 9.17) is 0 Å². The summed E-state index contributed by atoms with van der Waals surface area (Å²) in [6, 6.07) is 14.5. The number of carbonyl (C=O) groups excluding carboxylic acids is 3. The number of Topliss-reactive ketones (excluding diaryl/α,β-unsaturated/α-hetero) is 1. The monoisotopic (exact) mass is 577 g/mol. The number of benzene rings is 2. The second-order valence-electron chi connectivity index (χ2n) is 11.0. The predicted octanol–water partition coefficient (Wildman–Crippen LogP) is 3.31. The lowest BCUT2D eigenvalue weighted by Crippen LogP contribution is -2.53. The summed E-state index contributed by atoms with van der Waals surface area (Å²) in [5.41, 5.74) is 0.565. The lowest BCUT2D eigenvalue weighted by Gasteiger charge is -2.28. The maximum atomic E-state index is 14.1. The highest BCUT2D eigenvalue weighted by molar-refractivity contribution is 6.20. The van der Waals surface area contributed by atoms with Crippen molar-refractivity contribution in [3.8, 4) is 0 Å². The number of fused-ring (bicyclic) bond motifs is 1. The summed E-state index contributed by atoms with van der Waals surface area (Å²) in [5, 5.41) is 15.7. The lowest BCUT2D eigenvalue weighted by molar-refractivity contribution is -0.130. The van der Waals surface area contributed by atoms with Crippen molar-refractivity contribution >= 4 is 29.0 Å². The van der Waals surface area contributed by atoms with Gasteiger partial charge in [0, 0.05) is 23.7 Å². The van der Waals surface area contributed by atoms with Crippen molar-refractivity contribution in [2.24, 2.45) is 10.4 Å². The van der Waals surface area contributed by atoms with Crippen LogP contribution in [0, 0.1) is 17.0 Å². The highest BCUT2D eigenvalue weighted by atomic mass is 19.1. The summed E-state index contributed by atoms with van der Waals surface area (Å²) in [4.78, 5) is 50.6. The Labute approximate surface area is 242 Å². The average Bonchev–Trinajstić information content (AvgIpc) is 3.06. The topological polar surface area (TPSA) is 124 Å². The number of carbonyl (C=O) groups is 3. The molecule has 0 spiro atoms. The molecule has 220 valence electrons. The van der Waals surface area contributed by atoms with Crippen LogP contribution in [0.3, 0.4) is 0 Å². The first kappa shape index (κ1) is 30.6. The molecule has 42 heavy (non-hydrogen) atoms. The highest BCUT2D eigenvalue weighted by Crippen LogP contribution is 2.29. The number of halogens is 2. The number of nitrogens with one attached hydrogen (secondary N) is 2. The van der Waals surface area contributed by atoms with E-state index in [1.54, 1.807) is 69.4 Å². The maximum Gasteiger partial charge on any atom is 0.272 e. The second kappa shape index (κ2) is 12.7. The molecule has 2 heterocycles. The van der Waals surface area contributed by atoms with Gasteiger partial charge < -0.3 is 20.6 Å². The van der Waals surface area contributed by atoms with Crippen molar-refractivity contribution in [2.45, 2.75) is 46.0 Å². The molecule has 1 aromatic heterocycles. The van der Waals surface area contributed by atoms with Crippen LogP contribution in [-0.4, -0.2) is 58.7 Å². The molecule has 0 aliphatic carbocycles. The Kier molecular flexibility index (Phi) is 9.23. The van der Waals surface area contributed by atoms with E-state index in [1.165, 1.54) is 17.9 Å². The van der Waals surface area contributed by atoms with Crippen molar-refractivity contribution < 1.29 is 28.3 Å². The molecule has 2 aromatic carbocycles. The number of aliphatic hydroxyl groups is 1. The van der Waals surface area contributed by atoms with Crippen LogP contribution in [0.1, 0.15) is 50.6 Å². The standard InChI is InChI=1S/C31H33F2N5O4/c1-18(35-16-24(39)26-20(32)11-9-12-21(26)33)29(41)37-28-30(42)38(17-25(40)31(2,3)4)23-14-6-5-10-19(23)27(36-28)22-13-7-8-15-34-22/h5-15,18,24,28,35,39H,16-17H2,1-4H3,(H,37,41)/t18-,24?,28?/m0/s1. The van der Waals surface area contributed by atoms with Crippen LogP contribution in [-0.2, 0) is 14.4 Å². The molecule has 11 heteroatoms. The van der Waals surface area contributed by atoms with Crippen molar-refractivity contribution in [1.29, 1.82) is 0 Å². The molecular formula is C31H33F2N5O4. The molecule has 1 aliphatic rings. The SMILES string of the molecule is C[C@H](NCC(O)c1c(F)cccc1F)C(=O)NC1N=C(c2ccccn2)c2ccccc2N(CC(=O)C(C)(C)C)C1=O. The number of amides is 2. The Morgan fingerprint density at radius 2 is 1.69 bits per heavy atom. The number of para-hydroxylation sites is 1. The van der Waals surface area contributed by atoms with Gasteiger partial charge in [0.25, 0.3) is 5.91 Å². The van der Waals surface area contributed by atoms with E-state index < -0.39 is 52.7 Å². The fourth-order valence-corrected chi connectivity index (χ4v) is 4.35. The summed E-state index contributed by atoms with van der Waals surface area (Å²) in [5.74, 6) is -3.30. The maximum absolute atomic E-state index is 14.1. The number of hydrogen-bond donors (Lipinski definition) is 3. The van der Waals surface area contributed by atoms with Gasteiger partial charge in [0.05, 0.1) is 41.3 Å². The van der Waals surface area contributed by atoms with Gasteiger partial charge in [-0.15, -0.1) is 0 Å². The number of nitrogens with zero attached hydrogens (tertiary/aromatic N) is 3. The summed E-state index contributed by atoms with van der Waals surface area (Å²) in [6.07, 6.45) is -1.41. The largest absolute Gasteiger partial charge is 0.387 e. The molecule has 2 unspecified atom stereocenters. The first-order valence-corrected chi connectivity index (χ1v) is 13.5. The van der Waals surface area contributed by atoms with E-state index in [0.717, 1.165) is 12.1 Å². The number of anilines is 1. The van der Waals surface area contributed by atoms with Crippen LogP contribution in [0.15, 0.2) is 71.9 Å². The zero-order valence-electron chi connectivity index (χ0n) is 23.8. The number of aromatic nitrogens is 1. The number of aliphatic imine (C=N–C) groups is 1. The van der Waals surface area contributed by atoms with Crippen LogP contribution in [0.4, 0.5) is 14.5 Å². The fourth-order valence-electron chi connectivity index (χ4n) is 4.35. The van der Waals surface area contributed by atoms with E-state index in [-0.39, 0.29) is 18.9 Å². The number of rotatable bonds is 9. The smallest absolute Gasteiger partial charge is 0.272 e. The van der Waals surface area contributed by atoms with Gasteiger partial charge in [-0.1, -0.05) is 51.1 Å². The Morgan fingerprint density at radius 1 is 1.02 bits per heavy atom. The molecule has 1 aliphatic heterocycles. The Bertz CT molecular complexity index is 1490. The molecular weight excluding hydrogens is 544 g/mol. The van der Waals surface area contributed by atoms with Crippen LogP contribution in [0.25, 0.3) is 0 Å². The van der Waals surface area contributed by atoms with Gasteiger partial charge in [-0.3, -0.25) is 19.4 Å². The van der Waals surface area contributed by atoms with Gasteiger partial charge in [-0.2, -0.15) is 0 Å². The molecule has 3 aromatic rings. The van der Waals surface area contributed by atoms with Crippen LogP contribution in [0.2, 0.25) is 0 Å². The van der Waals surface area contributed by atoms with E-state index in [2.05, 4.69) is 20.6 Å². The molecule has 9 nitrogen and oxygen atoms in total. The van der Waals surface area contributed by atoms with E-state index >= 15 is 0 Å². The highest BCUT2D eigenvalue weighted by Gasteiger charge is 2.36. The molecule has 4 rings (SSSR count). The van der Waals surface area contributed by atoms with Crippen molar-refractivity contribution in [3.63, 3.8) is 0 Å². The van der Waals surface area contributed by atoms with Crippen LogP contribution >= 0.6 is 0 Å². The minimum Gasteiger partial charge on any atom is -0.387 e. The first-order valence-electron chi connectivity index (χ1n) is 13.5. The molecule has 0 saturated carbocycles. The van der Waals surface area contributed by atoms with Gasteiger partial charge in [0.2, 0.25) is 12.1 Å². The number of aliphatic hydroxyl groups excluding tert-OH is 1. The molecule has 0 radical (unpaired) electrons. The third kappa shape index (κ3) is 6.75. The quantitative estimate of drug-likeness (QED) is 0.359. The predicted molar refractivity (Wildman–Crippen MR) is 154 cm³/mol. The number of ketones is 1. The van der Waals surface area contributed by atoms with Crippen molar-refractivity contribution in [2.75, 3.05) is 18.0 Å². The zero-order chi connectivity index (χ0) is 30.6. The lowest BCUT2D eigenvalue weighted by atomic mass is 9.90. The Morgan fingerprint density at radius 3 is 2.33 bits per heavy atom. The van der Waals surface area contributed by atoms with E-state index in [9.17, 15) is 28.3 Å². The molecule has 3 N–H and O–H groups in total. The Balaban J connectivity index is 1.63. The van der Waals surface area contributed by atoms with Crippen molar-refractivity contribution in [3.05, 3.63) is 95.3 Å². The molecule has 0 bridgehead atoms. The first-order chi connectivity index (χ1) is 19.9. The Hall–Kier alpha value is -4.35. The van der Waals surface area contributed by atoms with E-state index in [0.29, 0.717) is 22.7 Å². The van der Waals surface area contributed by atoms with Crippen LogP contribution in [0.5, 0.6) is 0 Å². The summed E-state index contributed by atoms with van der Waals surface area (Å²) < 4.78 is 28.1. The molecule has 2 amide bonds. The average molecular weight is 578 g/mol. The minimum absolute atomic E-state index is 0.193. The zero-order valence-corrected chi connectivity index (χ0v) is 23.8. The summed E-state index contributed by atoms with van der Waals surface area (Å²) in [7, 11) is 0. The number of pyridine rings is 1. The minimum atomic E-state index is -1.57. The molecule has 3 atom stereocenters.